The van der Waals surface area contributed by atoms with Crippen LogP contribution < -0.4 is 0 Å². The van der Waals surface area contributed by atoms with Crippen LogP contribution in [0.2, 0.25) is 0 Å². The van der Waals surface area contributed by atoms with E-state index >= 15 is 0 Å². The second kappa shape index (κ2) is 53.2. The fourth-order valence-corrected chi connectivity index (χ4v) is 8.07. The summed E-state index contributed by atoms with van der Waals surface area (Å²) in [5, 5.41) is 0. The first-order valence-electron chi connectivity index (χ1n) is 28.0. The molecule has 0 fully saturated rings. The first-order chi connectivity index (χ1) is 31.5. The Hall–Kier alpha value is -2.37. The Kier molecular flexibility index (Phi) is 51.3. The highest BCUT2D eigenvalue weighted by molar-refractivity contribution is 5.71. The fraction of sp³-hybridized carbons (Fsp3) is 0.845. The molecule has 0 aliphatic rings. The molecule has 0 saturated heterocycles. The number of unbranched alkanes of at least 4 members (excludes halogenated alkanes) is 34. The molecule has 0 amide bonds. The number of carbonyl (C=O) groups is 3. The molecule has 0 aromatic heterocycles. The molecule has 0 aliphatic carbocycles. The monoisotopic (exact) mass is 899 g/mol. The summed E-state index contributed by atoms with van der Waals surface area (Å²) >= 11 is 0. The lowest BCUT2D eigenvalue weighted by atomic mass is 10.1. The van der Waals surface area contributed by atoms with Gasteiger partial charge in [0.05, 0.1) is 0 Å². The summed E-state index contributed by atoms with van der Waals surface area (Å²) in [6.07, 6.45) is 62.7. The van der Waals surface area contributed by atoms with E-state index < -0.39 is 6.10 Å². The summed E-state index contributed by atoms with van der Waals surface area (Å²) < 4.78 is 16.8. The highest BCUT2D eigenvalue weighted by Gasteiger charge is 2.19. The van der Waals surface area contributed by atoms with Crippen LogP contribution in [0, 0.1) is 0 Å². The van der Waals surface area contributed by atoms with Gasteiger partial charge in [-0.15, -0.1) is 0 Å². The summed E-state index contributed by atoms with van der Waals surface area (Å²) in [5.41, 5.74) is 0. The Bertz CT molecular complexity index is 1080. The van der Waals surface area contributed by atoms with Crippen molar-refractivity contribution in [3.05, 3.63) is 36.5 Å². The largest absolute Gasteiger partial charge is 0.462 e. The molecular weight excluding hydrogens is 793 g/mol. The van der Waals surface area contributed by atoms with E-state index in [0.717, 1.165) is 70.6 Å². The molecule has 0 radical (unpaired) electrons. The second-order valence-corrected chi connectivity index (χ2v) is 18.8. The van der Waals surface area contributed by atoms with E-state index in [-0.39, 0.29) is 31.1 Å². The molecule has 0 aromatic carbocycles. The van der Waals surface area contributed by atoms with Crippen LogP contribution in [0.25, 0.3) is 0 Å². The van der Waals surface area contributed by atoms with Gasteiger partial charge in [0.1, 0.15) is 13.2 Å². The van der Waals surface area contributed by atoms with Crippen molar-refractivity contribution < 1.29 is 28.6 Å². The number of allylic oxidation sites excluding steroid dienone is 6. The highest BCUT2D eigenvalue weighted by Crippen LogP contribution is 2.15. The third-order valence-corrected chi connectivity index (χ3v) is 12.3. The van der Waals surface area contributed by atoms with Crippen molar-refractivity contribution in [1.29, 1.82) is 0 Å². The zero-order valence-corrected chi connectivity index (χ0v) is 42.8. The molecule has 0 spiro atoms. The molecule has 0 aromatic rings. The van der Waals surface area contributed by atoms with Gasteiger partial charge in [0.2, 0.25) is 0 Å². The molecule has 6 nitrogen and oxygen atoms in total. The average molecular weight is 899 g/mol. The lowest BCUT2D eigenvalue weighted by Gasteiger charge is -2.18. The third-order valence-electron chi connectivity index (χ3n) is 12.3. The highest BCUT2D eigenvalue weighted by atomic mass is 16.6. The zero-order valence-electron chi connectivity index (χ0n) is 42.8. The number of rotatable bonds is 51. The Morgan fingerprint density at radius 3 is 0.797 bits per heavy atom. The van der Waals surface area contributed by atoms with Crippen molar-refractivity contribution in [2.24, 2.45) is 0 Å². The maximum Gasteiger partial charge on any atom is 0.306 e. The maximum atomic E-state index is 12.8. The molecule has 0 aliphatic heterocycles. The maximum absolute atomic E-state index is 12.8. The van der Waals surface area contributed by atoms with E-state index in [0.29, 0.717) is 19.3 Å². The van der Waals surface area contributed by atoms with Crippen molar-refractivity contribution in [1.82, 2.24) is 0 Å². The number of hydrogen-bond acceptors (Lipinski definition) is 6. The molecule has 0 rings (SSSR count). The Labute approximate surface area is 397 Å². The van der Waals surface area contributed by atoms with Crippen molar-refractivity contribution in [3.8, 4) is 0 Å². The van der Waals surface area contributed by atoms with Gasteiger partial charge in [-0.3, -0.25) is 14.4 Å². The van der Waals surface area contributed by atoms with Gasteiger partial charge in [0.15, 0.2) is 6.10 Å². The Morgan fingerprint density at radius 2 is 0.516 bits per heavy atom. The smallest absolute Gasteiger partial charge is 0.306 e. The minimum Gasteiger partial charge on any atom is -0.462 e. The minimum absolute atomic E-state index is 0.0785. The van der Waals surface area contributed by atoms with Crippen molar-refractivity contribution in [2.75, 3.05) is 13.2 Å². The third kappa shape index (κ3) is 50.6. The molecule has 1 atom stereocenters. The van der Waals surface area contributed by atoms with Crippen LogP contribution >= 0.6 is 0 Å². The summed E-state index contributed by atoms with van der Waals surface area (Å²) in [4.78, 5) is 38.1. The molecule has 374 valence electrons. The first kappa shape index (κ1) is 61.6. The molecule has 0 heterocycles. The van der Waals surface area contributed by atoms with Gasteiger partial charge in [-0.2, -0.15) is 0 Å². The molecule has 0 bridgehead atoms. The average Bonchev–Trinajstić information content (AvgIpc) is 3.29. The summed E-state index contributed by atoms with van der Waals surface area (Å²) in [7, 11) is 0. The number of hydrogen-bond donors (Lipinski definition) is 0. The summed E-state index contributed by atoms with van der Waals surface area (Å²) in [6.45, 7) is 6.63. The van der Waals surface area contributed by atoms with E-state index in [1.54, 1.807) is 0 Å². The SMILES string of the molecule is CCCCCC/C=C\CCCCCCCC(=O)OCC(COC(=O)CCCCCCCCC/C=C\CCCCCCCCC)OC(=O)CCCCCCC/C=C\CCCCCCCC. The first-order valence-corrected chi connectivity index (χ1v) is 28.0. The molecule has 64 heavy (non-hydrogen) atoms. The molecule has 1 unspecified atom stereocenters. The predicted molar refractivity (Wildman–Crippen MR) is 275 cm³/mol. The quantitative estimate of drug-likeness (QED) is 0.0262. The topological polar surface area (TPSA) is 78.9 Å². The molecule has 6 heteroatoms. The van der Waals surface area contributed by atoms with Gasteiger partial charge >= 0.3 is 17.9 Å². The summed E-state index contributed by atoms with van der Waals surface area (Å²) in [6, 6.07) is 0. The second-order valence-electron chi connectivity index (χ2n) is 18.8. The molecule has 0 N–H and O–H groups in total. The number of ether oxygens (including phenoxy) is 3. The van der Waals surface area contributed by atoms with Gasteiger partial charge < -0.3 is 14.2 Å². The van der Waals surface area contributed by atoms with E-state index in [4.69, 9.17) is 14.2 Å². The minimum atomic E-state index is -0.779. The van der Waals surface area contributed by atoms with E-state index in [1.807, 2.05) is 0 Å². The van der Waals surface area contributed by atoms with E-state index in [1.165, 1.54) is 186 Å². The van der Waals surface area contributed by atoms with Gasteiger partial charge in [-0.05, 0) is 96.3 Å². The lowest BCUT2D eigenvalue weighted by molar-refractivity contribution is -0.167. The fourth-order valence-electron chi connectivity index (χ4n) is 8.07. The lowest BCUT2D eigenvalue weighted by Crippen LogP contribution is -2.30. The van der Waals surface area contributed by atoms with Gasteiger partial charge in [-0.25, -0.2) is 0 Å². The van der Waals surface area contributed by atoms with Crippen molar-refractivity contribution in [3.63, 3.8) is 0 Å². The Balaban J connectivity index is 4.36. The zero-order chi connectivity index (χ0) is 46.5. The van der Waals surface area contributed by atoms with Crippen molar-refractivity contribution >= 4 is 17.9 Å². The normalized spacial score (nSPS) is 12.2. The van der Waals surface area contributed by atoms with Crippen LogP contribution in [0.4, 0.5) is 0 Å². The summed E-state index contributed by atoms with van der Waals surface area (Å²) in [5.74, 6) is -0.887. The van der Waals surface area contributed by atoms with Gasteiger partial charge in [0.25, 0.3) is 0 Å². The Morgan fingerprint density at radius 1 is 0.297 bits per heavy atom. The van der Waals surface area contributed by atoms with Crippen LogP contribution in [-0.4, -0.2) is 37.2 Å². The van der Waals surface area contributed by atoms with Crippen LogP contribution in [0.1, 0.15) is 297 Å². The number of carbonyl (C=O) groups excluding carboxylic acids is 3. The van der Waals surface area contributed by atoms with Crippen molar-refractivity contribution in [2.45, 2.75) is 303 Å². The van der Waals surface area contributed by atoms with Crippen LogP contribution in [-0.2, 0) is 28.6 Å². The van der Waals surface area contributed by atoms with E-state index in [9.17, 15) is 14.4 Å². The van der Waals surface area contributed by atoms with Crippen LogP contribution in [0.5, 0.6) is 0 Å². The van der Waals surface area contributed by atoms with Crippen LogP contribution in [0.15, 0.2) is 36.5 Å². The van der Waals surface area contributed by atoms with Gasteiger partial charge in [-0.1, -0.05) is 218 Å². The predicted octanol–water partition coefficient (Wildman–Crippen LogP) is 18.5. The molecule has 0 saturated carbocycles. The number of esters is 3. The molecular formula is C58H106O6. The van der Waals surface area contributed by atoms with E-state index in [2.05, 4.69) is 57.2 Å². The standard InChI is InChI=1S/C58H106O6/c1-4-7-10-13-16-19-22-25-27-28-29-31-33-36-39-42-45-48-51-57(60)63-54-55(53-62-56(59)50-47-44-41-38-35-32-24-21-18-15-12-9-6-3)64-58(61)52-49-46-43-40-37-34-30-26-23-20-17-14-11-8-5-2/h21,24,26-28,30,55H,4-20,22-23,25,29,31-54H2,1-3H3/b24-21-,28-27-,30-26-. The van der Waals surface area contributed by atoms with Crippen LogP contribution in [0.3, 0.4) is 0 Å². The van der Waals surface area contributed by atoms with Gasteiger partial charge in [0, 0.05) is 19.3 Å².